The summed E-state index contributed by atoms with van der Waals surface area (Å²) in [4.78, 5) is 16.9. The van der Waals surface area contributed by atoms with Crippen LogP contribution >= 0.6 is 36.2 Å². The minimum atomic E-state index is -0.129. The molecule has 1 heterocycles. The maximum Gasteiger partial charge on any atom is 0.224 e. The van der Waals surface area contributed by atoms with Crippen LogP contribution in [-0.4, -0.2) is 17.4 Å². The molecule has 0 aliphatic carbocycles. The van der Waals surface area contributed by atoms with Crippen LogP contribution in [-0.2, 0) is 17.8 Å². The normalized spacial score (nSPS) is 11.0. The van der Waals surface area contributed by atoms with Crippen molar-refractivity contribution >= 4 is 42.1 Å². The minimum Gasteiger partial charge on any atom is -0.349 e. The highest BCUT2D eigenvalue weighted by Gasteiger charge is 2.10. The maximum atomic E-state index is 11.4. The highest BCUT2D eigenvalue weighted by Crippen LogP contribution is 2.12. The van der Waals surface area contributed by atoms with Crippen molar-refractivity contribution in [1.29, 1.82) is 0 Å². The molecule has 0 radical (unpaired) electrons. The first-order valence-corrected chi connectivity index (χ1v) is 5.90. The second kappa shape index (κ2) is 9.65. The number of aromatic nitrogens is 1. The number of nitrogens with one attached hydrogen (secondary N) is 1. The third-order valence-corrected chi connectivity index (χ3v) is 3.31. The Morgan fingerprint density at radius 2 is 2.24 bits per heavy atom. The zero-order chi connectivity index (χ0) is 11.3. The molecule has 1 unspecified atom stereocenters. The number of hydrogen-bond acceptors (Lipinski definition) is 4. The van der Waals surface area contributed by atoms with E-state index < -0.39 is 0 Å². The van der Waals surface area contributed by atoms with Crippen LogP contribution in [0.1, 0.15) is 23.7 Å². The molecule has 1 amide bonds. The molecule has 0 bridgehead atoms. The predicted octanol–water partition coefficient (Wildman–Crippen LogP) is 1.76. The summed E-state index contributed by atoms with van der Waals surface area (Å²) in [7, 11) is 0. The van der Waals surface area contributed by atoms with Crippen LogP contribution < -0.4 is 11.1 Å². The van der Waals surface area contributed by atoms with Gasteiger partial charge in [0, 0.05) is 23.5 Å². The van der Waals surface area contributed by atoms with E-state index in [1.54, 1.807) is 11.3 Å². The molecule has 0 saturated heterocycles. The quantitative estimate of drug-likeness (QED) is 0.870. The van der Waals surface area contributed by atoms with Crippen molar-refractivity contribution < 1.29 is 4.79 Å². The molecule has 0 saturated carbocycles. The van der Waals surface area contributed by atoms with E-state index in [4.69, 9.17) is 5.73 Å². The standard InChI is InChI=1S/C10H17N3OS.2ClH/c1-3-8-5-12-9(15-8)6-13-10(14)7(2)4-11;;/h5,7H,3-4,6,11H2,1-2H3,(H,13,14);2*1H. The van der Waals surface area contributed by atoms with E-state index in [0.29, 0.717) is 13.1 Å². The molecule has 0 aliphatic rings. The molecule has 7 heteroatoms. The molecule has 1 rings (SSSR count). The van der Waals surface area contributed by atoms with E-state index in [9.17, 15) is 4.79 Å². The lowest BCUT2D eigenvalue weighted by Gasteiger charge is -2.07. The van der Waals surface area contributed by atoms with Crippen LogP contribution in [0.15, 0.2) is 6.20 Å². The average Bonchev–Trinajstić information content (AvgIpc) is 2.72. The smallest absolute Gasteiger partial charge is 0.224 e. The number of thiazole rings is 1. The fraction of sp³-hybridized carbons (Fsp3) is 0.600. The van der Waals surface area contributed by atoms with Crippen LogP contribution in [0.25, 0.3) is 0 Å². The minimum absolute atomic E-state index is 0. The lowest BCUT2D eigenvalue weighted by Crippen LogP contribution is -2.32. The lowest BCUT2D eigenvalue weighted by molar-refractivity contribution is -0.124. The Morgan fingerprint density at radius 1 is 1.59 bits per heavy atom. The highest BCUT2D eigenvalue weighted by molar-refractivity contribution is 7.11. The van der Waals surface area contributed by atoms with E-state index in [-0.39, 0.29) is 36.6 Å². The SMILES string of the molecule is CCc1cnc(CNC(=O)C(C)CN)s1.Cl.Cl. The van der Waals surface area contributed by atoms with Gasteiger partial charge in [-0.15, -0.1) is 36.2 Å². The Bertz CT molecular complexity index is 333. The molecule has 4 nitrogen and oxygen atoms in total. The van der Waals surface area contributed by atoms with Crippen molar-refractivity contribution in [2.45, 2.75) is 26.8 Å². The summed E-state index contributed by atoms with van der Waals surface area (Å²) >= 11 is 1.64. The Balaban J connectivity index is 0. The van der Waals surface area contributed by atoms with Gasteiger partial charge >= 0.3 is 0 Å². The third-order valence-electron chi connectivity index (χ3n) is 2.16. The fourth-order valence-electron chi connectivity index (χ4n) is 1.04. The van der Waals surface area contributed by atoms with E-state index in [1.165, 1.54) is 4.88 Å². The van der Waals surface area contributed by atoms with E-state index in [1.807, 2.05) is 13.1 Å². The van der Waals surface area contributed by atoms with Crippen molar-refractivity contribution in [2.24, 2.45) is 11.7 Å². The zero-order valence-corrected chi connectivity index (χ0v) is 12.4. The number of nitrogens with zero attached hydrogens (tertiary/aromatic N) is 1. The van der Waals surface area contributed by atoms with Gasteiger partial charge in [0.2, 0.25) is 5.91 Å². The van der Waals surface area contributed by atoms with Gasteiger partial charge in [-0.1, -0.05) is 13.8 Å². The predicted molar refractivity (Wildman–Crippen MR) is 76.1 cm³/mol. The molecule has 100 valence electrons. The van der Waals surface area contributed by atoms with Crippen molar-refractivity contribution in [1.82, 2.24) is 10.3 Å². The second-order valence-corrected chi connectivity index (χ2v) is 4.63. The number of hydrogen-bond donors (Lipinski definition) is 2. The highest BCUT2D eigenvalue weighted by atomic mass is 35.5. The van der Waals surface area contributed by atoms with Gasteiger partial charge in [-0.2, -0.15) is 0 Å². The molecule has 1 aromatic heterocycles. The summed E-state index contributed by atoms with van der Waals surface area (Å²) in [6.45, 7) is 4.79. The summed E-state index contributed by atoms with van der Waals surface area (Å²) in [5.74, 6) is -0.138. The summed E-state index contributed by atoms with van der Waals surface area (Å²) < 4.78 is 0. The average molecular weight is 300 g/mol. The Morgan fingerprint density at radius 3 is 2.71 bits per heavy atom. The van der Waals surface area contributed by atoms with Crippen LogP contribution in [0.4, 0.5) is 0 Å². The lowest BCUT2D eigenvalue weighted by atomic mass is 10.2. The molecular formula is C10H19Cl2N3OS. The number of carbonyl (C=O) groups excluding carboxylic acids is 1. The van der Waals surface area contributed by atoms with Crippen LogP contribution in [0.3, 0.4) is 0 Å². The maximum absolute atomic E-state index is 11.4. The summed E-state index contributed by atoms with van der Waals surface area (Å²) in [6, 6.07) is 0. The second-order valence-electron chi connectivity index (χ2n) is 3.43. The molecule has 17 heavy (non-hydrogen) atoms. The summed E-state index contributed by atoms with van der Waals surface area (Å²) in [5, 5.41) is 3.76. The third kappa shape index (κ3) is 6.21. The van der Waals surface area contributed by atoms with Gasteiger partial charge in [-0.25, -0.2) is 4.98 Å². The molecule has 1 aromatic rings. The largest absolute Gasteiger partial charge is 0.349 e. The first-order valence-electron chi connectivity index (χ1n) is 5.08. The van der Waals surface area contributed by atoms with Crippen LogP contribution in [0.2, 0.25) is 0 Å². The fourth-order valence-corrected chi connectivity index (χ4v) is 1.84. The van der Waals surface area contributed by atoms with Crippen molar-refractivity contribution in [3.8, 4) is 0 Å². The number of rotatable bonds is 5. The number of carbonyl (C=O) groups is 1. The van der Waals surface area contributed by atoms with E-state index in [0.717, 1.165) is 11.4 Å². The summed E-state index contributed by atoms with van der Waals surface area (Å²) in [5.41, 5.74) is 5.39. The van der Waals surface area contributed by atoms with E-state index >= 15 is 0 Å². The van der Waals surface area contributed by atoms with Crippen LogP contribution in [0, 0.1) is 5.92 Å². The molecule has 1 atom stereocenters. The van der Waals surface area contributed by atoms with Gasteiger partial charge in [0.25, 0.3) is 0 Å². The molecule has 0 spiro atoms. The van der Waals surface area contributed by atoms with Gasteiger partial charge in [-0.3, -0.25) is 4.79 Å². The first-order chi connectivity index (χ1) is 7.17. The van der Waals surface area contributed by atoms with Gasteiger partial charge in [-0.05, 0) is 6.42 Å². The first kappa shape index (κ1) is 19.0. The Hall–Kier alpha value is -0.360. The van der Waals surface area contributed by atoms with E-state index in [2.05, 4.69) is 17.2 Å². The topological polar surface area (TPSA) is 68.0 Å². The Kier molecular flexibility index (Phi) is 10.8. The van der Waals surface area contributed by atoms with Crippen LogP contribution in [0.5, 0.6) is 0 Å². The molecule has 3 N–H and O–H groups in total. The van der Waals surface area contributed by atoms with Gasteiger partial charge < -0.3 is 11.1 Å². The number of nitrogens with two attached hydrogens (primary N) is 1. The molecule has 0 aliphatic heterocycles. The molecule has 0 aromatic carbocycles. The van der Waals surface area contributed by atoms with Gasteiger partial charge in [0.05, 0.1) is 6.54 Å². The van der Waals surface area contributed by atoms with Gasteiger partial charge in [0.1, 0.15) is 5.01 Å². The molecular weight excluding hydrogens is 281 g/mol. The summed E-state index contributed by atoms with van der Waals surface area (Å²) in [6.07, 6.45) is 2.85. The zero-order valence-electron chi connectivity index (χ0n) is 9.93. The number of halogens is 2. The van der Waals surface area contributed by atoms with Gasteiger partial charge in [0.15, 0.2) is 0 Å². The van der Waals surface area contributed by atoms with Crippen molar-refractivity contribution in [2.75, 3.05) is 6.54 Å². The Labute approximate surface area is 118 Å². The number of amides is 1. The van der Waals surface area contributed by atoms with Crippen molar-refractivity contribution in [3.63, 3.8) is 0 Å². The monoisotopic (exact) mass is 299 g/mol. The number of aryl methyl sites for hydroxylation is 1. The van der Waals surface area contributed by atoms with Crippen molar-refractivity contribution in [3.05, 3.63) is 16.1 Å². The molecule has 0 fully saturated rings.